The van der Waals surface area contributed by atoms with Crippen LogP contribution < -0.4 is 4.74 Å². The molecule has 0 aliphatic carbocycles. The van der Waals surface area contributed by atoms with Crippen LogP contribution >= 0.6 is 0 Å². The quantitative estimate of drug-likeness (QED) is 0.771. The molecule has 4 nitrogen and oxygen atoms in total. The van der Waals surface area contributed by atoms with E-state index < -0.39 is 0 Å². The van der Waals surface area contributed by atoms with E-state index in [1.807, 2.05) is 25.1 Å². The molecule has 0 saturated heterocycles. The van der Waals surface area contributed by atoms with Crippen molar-refractivity contribution in [3.05, 3.63) is 24.6 Å². The smallest absolute Gasteiger partial charge is 0.181 e. The number of nitrogens with zero attached hydrogens (tertiary/aromatic N) is 1. The van der Waals surface area contributed by atoms with E-state index in [1.165, 1.54) is 6.39 Å². The Morgan fingerprint density at radius 1 is 1.47 bits per heavy atom. The zero-order chi connectivity index (χ0) is 10.7. The fraction of sp³-hybridized carbons (Fsp3) is 0.364. The van der Waals surface area contributed by atoms with E-state index in [0.29, 0.717) is 6.61 Å². The molecule has 0 bridgehead atoms. The summed E-state index contributed by atoms with van der Waals surface area (Å²) in [7, 11) is 1.65. The second-order valence-electron chi connectivity index (χ2n) is 3.37. The first-order valence-electron chi connectivity index (χ1n) is 4.78. The highest BCUT2D eigenvalue weighted by molar-refractivity contribution is 5.73. The van der Waals surface area contributed by atoms with Crippen molar-refractivity contribution in [2.45, 2.75) is 13.0 Å². The predicted molar refractivity (Wildman–Crippen MR) is 56.0 cm³/mol. The first-order chi connectivity index (χ1) is 7.29. The molecule has 1 unspecified atom stereocenters. The van der Waals surface area contributed by atoms with Crippen molar-refractivity contribution in [3.8, 4) is 5.75 Å². The molecular weight excluding hydrogens is 194 g/mol. The number of rotatable bonds is 4. The molecular formula is C11H13NO3. The Morgan fingerprint density at radius 3 is 3.13 bits per heavy atom. The van der Waals surface area contributed by atoms with Crippen LogP contribution in [0.3, 0.4) is 0 Å². The van der Waals surface area contributed by atoms with Crippen LogP contribution in [0.4, 0.5) is 0 Å². The second-order valence-corrected chi connectivity index (χ2v) is 3.37. The summed E-state index contributed by atoms with van der Waals surface area (Å²) in [5.41, 5.74) is 1.57. The monoisotopic (exact) mass is 207 g/mol. The third-order valence-electron chi connectivity index (χ3n) is 2.04. The number of benzene rings is 1. The standard InChI is InChI=1S/C11H13NO3/c1-8(6-13-2)15-9-3-4-11-10(5-9)12-7-14-11/h3-5,7-8H,6H2,1-2H3. The Morgan fingerprint density at radius 2 is 2.33 bits per heavy atom. The summed E-state index contributed by atoms with van der Waals surface area (Å²) >= 11 is 0. The van der Waals surface area contributed by atoms with Crippen molar-refractivity contribution >= 4 is 11.1 Å². The minimum Gasteiger partial charge on any atom is -0.488 e. The van der Waals surface area contributed by atoms with Gasteiger partial charge in [0.1, 0.15) is 17.4 Å². The molecule has 4 heteroatoms. The topological polar surface area (TPSA) is 44.5 Å². The van der Waals surface area contributed by atoms with Crippen LogP contribution in [-0.4, -0.2) is 24.8 Å². The zero-order valence-corrected chi connectivity index (χ0v) is 8.77. The predicted octanol–water partition coefficient (Wildman–Crippen LogP) is 2.24. The van der Waals surface area contributed by atoms with Crippen LogP contribution in [0.5, 0.6) is 5.75 Å². The average molecular weight is 207 g/mol. The lowest BCUT2D eigenvalue weighted by atomic mass is 10.3. The maximum atomic E-state index is 5.63. The van der Waals surface area contributed by atoms with Crippen molar-refractivity contribution in [2.75, 3.05) is 13.7 Å². The van der Waals surface area contributed by atoms with Gasteiger partial charge in [-0.05, 0) is 19.1 Å². The summed E-state index contributed by atoms with van der Waals surface area (Å²) in [6.07, 6.45) is 1.45. The molecule has 1 aromatic carbocycles. The van der Waals surface area contributed by atoms with Gasteiger partial charge in [0, 0.05) is 13.2 Å². The minimum absolute atomic E-state index is 0.0272. The Labute approximate surface area is 87.8 Å². The summed E-state index contributed by atoms with van der Waals surface area (Å²) in [6.45, 7) is 2.52. The number of hydrogen-bond donors (Lipinski definition) is 0. The van der Waals surface area contributed by atoms with Crippen LogP contribution in [0, 0.1) is 0 Å². The van der Waals surface area contributed by atoms with E-state index in [9.17, 15) is 0 Å². The number of methoxy groups -OCH3 is 1. The van der Waals surface area contributed by atoms with Crippen LogP contribution in [0.25, 0.3) is 11.1 Å². The van der Waals surface area contributed by atoms with Gasteiger partial charge in [-0.1, -0.05) is 0 Å². The van der Waals surface area contributed by atoms with Crippen molar-refractivity contribution in [3.63, 3.8) is 0 Å². The maximum absolute atomic E-state index is 5.63. The molecule has 0 aliphatic heterocycles. The van der Waals surface area contributed by atoms with Crippen molar-refractivity contribution < 1.29 is 13.9 Å². The summed E-state index contributed by atoms with van der Waals surface area (Å²) < 4.78 is 15.7. The molecule has 0 fully saturated rings. The van der Waals surface area contributed by atoms with Gasteiger partial charge in [-0.3, -0.25) is 0 Å². The molecule has 0 amide bonds. The number of hydrogen-bond acceptors (Lipinski definition) is 4. The summed E-state index contributed by atoms with van der Waals surface area (Å²) in [5, 5.41) is 0. The molecule has 1 heterocycles. The zero-order valence-electron chi connectivity index (χ0n) is 8.77. The van der Waals surface area contributed by atoms with Gasteiger partial charge in [0.05, 0.1) is 6.61 Å². The van der Waals surface area contributed by atoms with Crippen LogP contribution in [0.1, 0.15) is 6.92 Å². The molecule has 0 spiro atoms. The van der Waals surface area contributed by atoms with E-state index >= 15 is 0 Å². The fourth-order valence-electron chi connectivity index (χ4n) is 1.41. The highest BCUT2D eigenvalue weighted by Crippen LogP contribution is 2.20. The van der Waals surface area contributed by atoms with Gasteiger partial charge in [-0.15, -0.1) is 0 Å². The summed E-state index contributed by atoms with van der Waals surface area (Å²) in [5.74, 6) is 0.779. The lowest BCUT2D eigenvalue weighted by molar-refractivity contribution is 0.0922. The highest BCUT2D eigenvalue weighted by atomic mass is 16.5. The van der Waals surface area contributed by atoms with Gasteiger partial charge >= 0.3 is 0 Å². The first kappa shape index (κ1) is 9.98. The van der Waals surface area contributed by atoms with Crippen LogP contribution in [0.15, 0.2) is 29.0 Å². The van der Waals surface area contributed by atoms with Gasteiger partial charge in [0.2, 0.25) is 0 Å². The molecule has 80 valence electrons. The van der Waals surface area contributed by atoms with E-state index in [-0.39, 0.29) is 6.10 Å². The molecule has 2 aromatic rings. The Kier molecular flexibility index (Phi) is 2.87. The maximum Gasteiger partial charge on any atom is 0.181 e. The number of fused-ring (bicyclic) bond motifs is 1. The largest absolute Gasteiger partial charge is 0.488 e. The number of ether oxygens (including phenoxy) is 2. The van der Waals surface area contributed by atoms with E-state index in [1.54, 1.807) is 7.11 Å². The molecule has 15 heavy (non-hydrogen) atoms. The summed E-state index contributed by atoms with van der Waals surface area (Å²) in [6, 6.07) is 5.56. The van der Waals surface area contributed by atoms with Gasteiger partial charge in [0.25, 0.3) is 0 Å². The molecule has 0 saturated carbocycles. The molecule has 0 N–H and O–H groups in total. The minimum atomic E-state index is 0.0272. The molecule has 2 rings (SSSR count). The van der Waals surface area contributed by atoms with Crippen molar-refractivity contribution in [2.24, 2.45) is 0 Å². The van der Waals surface area contributed by atoms with E-state index in [2.05, 4.69) is 4.98 Å². The van der Waals surface area contributed by atoms with Crippen LogP contribution in [0.2, 0.25) is 0 Å². The SMILES string of the molecule is COCC(C)Oc1ccc2ocnc2c1. The van der Waals surface area contributed by atoms with Gasteiger partial charge < -0.3 is 13.9 Å². The Bertz CT molecular complexity index is 438. The lowest BCUT2D eigenvalue weighted by Crippen LogP contribution is -2.17. The van der Waals surface area contributed by atoms with Crippen LogP contribution in [-0.2, 0) is 4.74 Å². The molecule has 0 radical (unpaired) electrons. The second kappa shape index (κ2) is 4.31. The normalized spacial score (nSPS) is 12.9. The number of aromatic nitrogens is 1. The van der Waals surface area contributed by atoms with E-state index in [0.717, 1.165) is 16.8 Å². The number of oxazole rings is 1. The van der Waals surface area contributed by atoms with Gasteiger partial charge in [-0.2, -0.15) is 0 Å². The third-order valence-corrected chi connectivity index (χ3v) is 2.04. The summed E-state index contributed by atoms with van der Waals surface area (Å²) in [4.78, 5) is 4.05. The van der Waals surface area contributed by atoms with Crippen molar-refractivity contribution in [1.82, 2.24) is 4.98 Å². The molecule has 0 aliphatic rings. The third kappa shape index (κ3) is 2.27. The first-order valence-corrected chi connectivity index (χ1v) is 4.78. The van der Waals surface area contributed by atoms with Gasteiger partial charge in [-0.25, -0.2) is 4.98 Å². The lowest BCUT2D eigenvalue weighted by Gasteiger charge is -2.13. The highest BCUT2D eigenvalue weighted by Gasteiger charge is 2.05. The Balaban J connectivity index is 2.14. The fourth-order valence-corrected chi connectivity index (χ4v) is 1.41. The average Bonchev–Trinajstić information content (AvgIpc) is 2.65. The van der Waals surface area contributed by atoms with Crippen molar-refractivity contribution in [1.29, 1.82) is 0 Å². The molecule has 1 aromatic heterocycles. The van der Waals surface area contributed by atoms with Gasteiger partial charge in [0.15, 0.2) is 12.0 Å². The van der Waals surface area contributed by atoms with E-state index in [4.69, 9.17) is 13.9 Å². The molecule has 1 atom stereocenters. The Hall–Kier alpha value is -1.55.